The third kappa shape index (κ3) is 5.04. The second kappa shape index (κ2) is 9.41. The molecule has 0 saturated carbocycles. The van der Waals surface area contributed by atoms with Crippen molar-refractivity contribution in [3.63, 3.8) is 0 Å². The predicted molar refractivity (Wildman–Crippen MR) is 110 cm³/mol. The van der Waals surface area contributed by atoms with Gasteiger partial charge in [0.15, 0.2) is 0 Å². The molecule has 2 aromatic rings. The SMILES string of the molecule is Cc1nn(CC(C)C)c(C)c1CC(=O)NCC(c1ccco1)N1CCCCC1. The van der Waals surface area contributed by atoms with E-state index in [1.54, 1.807) is 6.26 Å². The second-order valence-corrected chi connectivity index (χ2v) is 8.33. The van der Waals surface area contributed by atoms with Crippen LogP contribution in [-0.4, -0.2) is 40.2 Å². The van der Waals surface area contributed by atoms with E-state index < -0.39 is 0 Å². The van der Waals surface area contributed by atoms with Gasteiger partial charge in [-0.1, -0.05) is 20.3 Å². The number of aromatic nitrogens is 2. The molecule has 0 aromatic carbocycles. The van der Waals surface area contributed by atoms with Gasteiger partial charge in [0.05, 0.1) is 24.4 Å². The van der Waals surface area contributed by atoms with Crippen molar-refractivity contribution >= 4 is 5.91 Å². The second-order valence-electron chi connectivity index (χ2n) is 8.33. The number of carbonyl (C=O) groups excluding carboxylic acids is 1. The number of furan rings is 1. The Balaban J connectivity index is 1.63. The molecule has 1 unspecified atom stereocenters. The van der Waals surface area contributed by atoms with Crippen molar-refractivity contribution in [3.05, 3.63) is 41.1 Å². The summed E-state index contributed by atoms with van der Waals surface area (Å²) in [6, 6.07) is 4.03. The standard InChI is InChI=1S/C22H34N4O2/c1-16(2)15-26-18(4)19(17(3)24-26)13-22(27)23-14-20(21-9-8-12-28-21)25-10-6-5-7-11-25/h8-9,12,16,20H,5-7,10-11,13-15H2,1-4H3,(H,23,27). The third-order valence-corrected chi connectivity index (χ3v) is 5.60. The molecule has 2 aromatic heterocycles. The van der Waals surface area contributed by atoms with E-state index in [1.807, 2.05) is 23.7 Å². The Labute approximate surface area is 168 Å². The van der Waals surface area contributed by atoms with E-state index >= 15 is 0 Å². The topological polar surface area (TPSA) is 63.3 Å². The number of likely N-dealkylation sites (tertiary alicyclic amines) is 1. The molecular weight excluding hydrogens is 352 g/mol. The minimum atomic E-state index is 0.0452. The Hall–Kier alpha value is -2.08. The van der Waals surface area contributed by atoms with Crippen LogP contribution in [-0.2, 0) is 17.8 Å². The van der Waals surface area contributed by atoms with Crippen molar-refractivity contribution in [2.24, 2.45) is 5.92 Å². The van der Waals surface area contributed by atoms with Gasteiger partial charge in [0.25, 0.3) is 0 Å². The highest BCUT2D eigenvalue weighted by Crippen LogP contribution is 2.24. The molecular formula is C22H34N4O2. The van der Waals surface area contributed by atoms with Gasteiger partial charge in [-0.15, -0.1) is 0 Å². The maximum atomic E-state index is 12.7. The predicted octanol–water partition coefficient (Wildman–Crippen LogP) is 3.63. The van der Waals surface area contributed by atoms with E-state index in [2.05, 4.69) is 36.1 Å². The van der Waals surface area contributed by atoms with Gasteiger partial charge < -0.3 is 9.73 Å². The molecule has 1 fully saturated rings. The fraction of sp³-hybridized carbons (Fsp3) is 0.636. The molecule has 0 spiro atoms. The van der Waals surface area contributed by atoms with Crippen LogP contribution in [0.5, 0.6) is 0 Å². The number of nitrogens with one attached hydrogen (secondary N) is 1. The first-order valence-corrected chi connectivity index (χ1v) is 10.5. The summed E-state index contributed by atoms with van der Waals surface area (Å²) in [6.45, 7) is 12.0. The number of hydrogen-bond donors (Lipinski definition) is 1. The van der Waals surface area contributed by atoms with Gasteiger partial charge in [-0.25, -0.2) is 0 Å². The van der Waals surface area contributed by atoms with E-state index in [-0.39, 0.29) is 11.9 Å². The molecule has 1 aliphatic rings. The molecule has 3 rings (SSSR count). The quantitative estimate of drug-likeness (QED) is 0.752. The van der Waals surface area contributed by atoms with Crippen LogP contribution in [0.2, 0.25) is 0 Å². The molecule has 1 aliphatic heterocycles. The first-order valence-electron chi connectivity index (χ1n) is 10.5. The molecule has 154 valence electrons. The Morgan fingerprint density at radius 2 is 2.00 bits per heavy atom. The maximum absolute atomic E-state index is 12.7. The zero-order chi connectivity index (χ0) is 20.1. The lowest BCUT2D eigenvalue weighted by Crippen LogP contribution is -2.40. The van der Waals surface area contributed by atoms with Gasteiger partial charge in [-0.3, -0.25) is 14.4 Å². The molecule has 1 N–H and O–H groups in total. The zero-order valence-corrected chi connectivity index (χ0v) is 17.7. The van der Waals surface area contributed by atoms with E-state index in [4.69, 9.17) is 4.42 Å². The van der Waals surface area contributed by atoms with Crippen LogP contribution in [0.1, 0.15) is 61.9 Å². The number of piperidine rings is 1. The van der Waals surface area contributed by atoms with Crippen molar-refractivity contribution in [2.75, 3.05) is 19.6 Å². The normalized spacial score (nSPS) is 16.5. The Morgan fingerprint density at radius 3 is 2.64 bits per heavy atom. The Morgan fingerprint density at radius 1 is 1.25 bits per heavy atom. The van der Waals surface area contributed by atoms with Crippen LogP contribution >= 0.6 is 0 Å². The largest absolute Gasteiger partial charge is 0.468 e. The van der Waals surface area contributed by atoms with Gasteiger partial charge in [-0.2, -0.15) is 5.10 Å². The third-order valence-electron chi connectivity index (χ3n) is 5.60. The fourth-order valence-electron chi connectivity index (χ4n) is 4.07. The van der Waals surface area contributed by atoms with Crippen molar-refractivity contribution in [1.82, 2.24) is 20.0 Å². The van der Waals surface area contributed by atoms with Crippen LogP contribution in [0.3, 0.4) is 0 Å². The molecule has 0 bridgehead atoms. The summed E-state index contributed by atoms with van der Waals surface area (Å²) in [7, 11) is 0. The van der Waals surface area contributed by atoms with E-state index in [0.717, 1.165) is 42.3 Å². The molecule has 0 aliphatic carbocycles. The van der Waals surface area contributed by atoms with Crippen LogP contribution < -0.4 is 5.32 Å². The number of hydrogen-bond acceptors (Lipinski definition) is 4. The minimum Gasteiger partial charge on any atom is -0.468 e. The first-order chi connectivity index (χ1) is 13.5. The Kier molecular flexibility index (Phi) is 6.94. The summed E-state index contributed by atoms with van der Waals surface area (Å²) in [5.74, 6) is 1.50. The molecule has 28 heavy (non-hydrogen) atoms. The highest BCUT2D eigenvalue weighted by molar-refractivity contribution is 5.79. The molecule has 0 radical (unpaired) electrons. The van der Waals surface area contributed by atoms with Crippen LogP contribution in [0.25, 0.3) is 0 Å². The lowest BCUT2D eigenvalue weighted by Gasteiger charge is -2.33. The lowest BCUT2D eigenvalue weighted by atomic mass is 10.1. The number of aryl methyl sites for hydroxylation is 1. The summed E-state index contributed by atoms with van der Waals surface area (Å²) in [4.78, 5) is 15.1. The maximum Gasteiger partial charge on any atom is 0.224 e. The summed E-state index contributed by atoms with van der Waals surface area (Å²) in [5, 5.41) is 7.77. The minimum absolute atomic E-state index is 0.0452. The summed E-state index contributed by atoms with van der Waals surface area (Å²) >= 11 is 0. The molecule has 6 nitrogen and oxygen atoms in total. The van der Waals surface area contributed by atoms with Crippen LogP contribution in [0, 0.1) is 19.8 Å². The first kappa shape index (κ1) is 20.6. The molecule has 3 heterocycles. The monoisotopic (exact) mass is 386 g/mol. The molecule has 1 saturated heterocycles. The van der Waals surface area contributed by atoms with E-state index in [9.17, 15) is 4.79 Å². The van der Waals surface area contributed by atoms with Gasteiger partial charge in [0.1, 0.15) is 5.76 Å². The lowest BCUT2D eigenvalue weighted by molar-refractivity contribution is -0.120. The highest BCUT2D eigenvalue weighted by atomic mass is 16.3. The Bertz CT molecular complexity index is 758. The summed E-state index contributed by atoms with van der Waals surface area (Å²) in [5.41, 5.74) is 3.09. The number of amides is 1. The zero-order valence-electron chi connectivity index (χ0n) is 17.7. The summed E-state index contributed by atoms with van der Waals surface area (Å²) < 4.78 is 7.70. The van der Waals surface area contributed by atoms with Gasteiger partial charge >= 0.3 is 0 Å². The van der Waals surface area contributed by atoms with Gasteiger partial charge in [0, 0.05) is 24.3 Å². The number of nitrogens with zero attached hydrogens (tertiary/aromatic N) is 3. The van der Waals surface area contributed by atoms with Crippen molar-refractivity contribution in [2.45, 2.75) is 66.0 Å². The van der Waals surface area contributed by atoms with E-state index in [0.29, 0.717) is 18.9 Å². The van der Waals surface area contributed by atoms with Gasteiger partial charge in [0.2, 0.25) is 5.91 Å². The van der Waals surface area contributed by atoms with Crippen molar-refractivity contribution < 1.29 is 9.21 Å². The van der Waals surface area contributed by atoms with Crippen molar-refractivity contribution in [3.8, 4) is 0 Å². The molecule has 1 atom stereocenters. The molecule has 6 heteroatoms. The molecule has 1 amide bonds. The number of rotatable bonds is 8. The van der Waals surface area contributed by atoms with Crippen LogP contribution in [0.15, 0.2) is 22.8 Å². The van der Waals surface area contributed by atoms with Crippen LogP contribution in [0.4, 0.5) is 0 Å². The van der Waals surface area contributed by atoms with E-state index in [1.165, 1.54) is 19.3 Å². The fourth-order valence-corrected chi connectivity index (χ4v) is 4.07. The number of carbonyl (C=O) groups is 1. The summed E-state index contributed by atoms with van der Waals surface area (Å²) in [6.07, 6.45) is 5.79. The van der Waals surface area contributed by atoms with Gasteiger partial charge in [-0.05, 0) is 57.8 Å². The smallest absolute Gasteiger partial charge is 0.224 e. The average Bonchev–Trinajstić information content (AvgIpc) is 3.27. The average molecular weight is 387 g/mol. The highest BCUT2D eigenvalue weighted by Gasteiger charge is 2.25. The van der Waals surface area contributed by atoms with Crippen molar-refractivity contribution in [1.29, 1.82) is 0 Å².